The highest BCUT2D eigenvalue weighted by Gasteiger charge is 2.12. The van der Waals surface area contributed by atoms with E-state index in [0.29, 0.717) is 0 Å². The summed E-state index contributed by atoms with van der Waals surface area (Å²) < 4.78 is 18.6. The van der Waals surface area contributed by atoms with Crippen LogP contribution < -0.4 is 10.5 Å². The number of amidine groups is 1. The van der Waals surface area contributed by atoms with E-state index in [2.05, 4.69) is 15.4 Å². The average molecular weight is 283 g/mol. The lowest BCUT2D eigenvalue weighted by Crippen LogP contribution is -2.15. The Hall–Kier alpha value is -2.41. The number of nitrogens with zero attached hydrogens (tertiary/aromatic N) is 3. The summed E-state index contributed by atoms with van der Waals surface area (Å²) in [5, 5.41) is 18.8. The quantitative estimate of drug-likeness (QED) is 0.389. The molecule has 0 aliphatic rings. The minimum Gasteiger partial charge on any atom is -0.437 e. The summed E-state index contributed by atoms with van der Waals surface area (Å²) in [5.74, 6) is -0.679. The molecule has 2 rings (SSSR count). The van der Waals surface area contributed by atoms with Gasteiger partial charge in [0.15, 0.2) is 5.84 Å². The van der Waals surface area contributed by atoms with Crippen molar-refractivity contribution in [2.75, 3.05) is 0 Å². The first-order valence-corrected chi connectivity index (χ1v) is 5.42. The number of oxime groups is 1. The first-order valence-electron chi connectivity index (χ1n) is 5.04. The summed E-state index contributed by atoms with van der Waals surface area (Å²) in [4.78, 5) is 0. The van der Waals surface area contributed by atoms with Gasteiger partial charge in [-0.1, -0.05) is 16.8 Å². The van der Waals surface area contributed by atoms with E-state index in [1.54, 1.807) is 0 Å². The van der Waals surface area contributed by atoms with Crippen LogP contribution in [0.2, 0.25) is 5.02 Å². The van der Waals surface area contributed by atoms with Crippen LogP contribution in [0.25, 0.3) is 0 Å². The summed E-state index contributed by atoms with van der Waals surface area (Å²) in [6, 6.07) is 5.33. The summed E-state index contributed by atoms with van der Waals surface area (Å²) in [5.41, 5.74) is 5.69. The third kappa shape index (κ3) is 2.89. The molecule has 3 N–H and O–H groups in total. The van der Waals surface area contributed by atoms with Crippen LogP contribution in [0.3, 0.4) is 0 Å². The highest BCUT2D eigenvalue weighted by Crippen LogP contribution is 2.25. The van der Waals surface area contributed by atoms with Crippen molar-refractivity contribution in [1.29, 1.82) is 0 Å². The van der Waals surface area contributed by atoms with Crippen molar-refractivity contribution in [2.24, 2.45) is 10.9 Å². The van der Waals surface area contributed by atoms with E-state index in [9.17, 15) is 4.39 Å². The van der Waals surface area contributed by atoms with Gasteiger partial charge < -0.3 is 15.7 Å². The molecule has 0 aliphatic heterocycles. The van der Waals surface area contributed by atoms with Crippen molar-refractivity contribution in [3.63, 3.8) is 0 Å². The van der Waals surface area contributed by atoms with Gasteiger partial charge in [-0.2, -0.15) is 5.10 Å². The largest absolute Gasteiger partial charge is 0.437 e. The Morgan fingerprint density at radius 2 is 2.21 bits per heavy atom. The second kappa shape index (κ2) is 5.49. The topological polar surface area (TPSA) is 93.6 Å². The second-order valence-corrected chi connectivity index (χ2v) is 3.82. The van der Waals surface area contributed by atoms with Crippen molar-refractivity contribution in [1.82, 2.24) is 10.2 Å². The molecule has 0 spiro atoms. The van der Waals surface area contributed by atoms with E-state index >= 15 is 0 Å². The summed E-state index contributed by atoms with van der Waals surface area (Å²) in [7, 11) is 0. The van der Waals surface area contributed by atoms with Gasteiger partial charge in [-0.05, 0) is 18.2 Å². The molecule has 2 aromatic rings. The third-order valence-electron chi connectivity index (χ3n) is 2.18. The van der Waals surface area contributed by atoms with Gasteiger partial charge in [0.2, 0.25) is 5.88 Å². The molecule has 0 amide bonds. The van der Waals surface area contributed by atoms with Crippen LogP contribution in [0.15, 0.2) is 35.6 Å². The Balaban J connectivity index is 2.35. The van der Waals surface area contributed by atoms with Crippen LogP contribution in [-0.2, 0) is 0 Å². The monoisotopic (exact) mass is 282 g/mol. The van der Waals surface area contributed by atoms with Gasteiger partial charge in [0.1, 0.15) is 11.6 Å². The highest BCUT2D eigenvalue weighted by molar-refractivity contribution is 6.30. The molecule has 98 valence electrons. The first kappa shape index (κ1) is 13.0. The molecule has 0 atom stereocenters. The molecule has 8 heteroatoms. The number of nitrogens with two attached hydrogens (primary N) is 1. The lowest BCUT2D eigenvalue weighted by atomic mass is 10.2. The summed E-state index contributed by atoms with van der Waals surface area (Å²) in [6.45, 7) is 0. The maximum atomic E-state index is 13.3. The van der Waals surface area contributed by atoms with E-state index in [-0.39, 0.29) is 28.1 Å². The molecule has 6 nitrogen and oxygen atoms in total. The van der Waals surface area contributed by atoms with Gasteiger partial charge in [0, 0.05) is 6.07 Å². The van der Waals surface area contributed by atoms with E-state index in [1.165, 1.54) is 24.4 Å². The normalized spacial score (nSPS) is 11.4. The standard InChI is InChI=1S/C11H8ClFN4O2/c12-8-2-1-6(5-9(8)13)19-11-7(10(14)17-18)3-4-15-16-11/h1-5,18H,(H2,14,17). The van der Waals surface area contributed by atoms with Crippen LogP contribution in [0.4, 0.5) is 4.39 Å². The second-order valence-electron chi connectivity index (χ2n) is 3.41. The predicted octanol–water partition coefficient (Wildman–Crippen LogP) is 2.16. The SMILES string of the molecule is N/C(=N/O)c1ccnnc1Oc1ccc(Cl)c(F)c1. The predicted molar refractivity (Wildman–Crippen MR) is 66.0 cm³/mol. The lowest BCUT2D eigenvalue weighted by Gasteiger charge is -2.08. The van der Waals surface area contributed by atoms with Crippen LogP contribution >= 0.6 is 11.6 Å². The highest BCUT2D eigenvalue weighted by atomic mass is 35.5. The Bertz CT molecular complexity index is 636. The number of benzene rings is 1. The van der Waals surface area contributed by atoms with E-state index in [0.717, 1.165) is 6.07 Å². The molecule has 1 heterocycles. The molecule has 1 aromatic heterocycles. The van der Waals surface area contributed by atoms with Crippen molar-refractivity contribution >= 4 is 17.4 Å². The zero-order chi connectivity index (χ0) is 13.8. The molecule has 0 radical (unpaired) electrons. The Morgan fingerprint density at radius 3 is 2.89 bits per heavy atom. The first-order chi connectivity index (χ1) is 9.11. The Kier molecular flexibility index (Phi) is 3.76. The fourth-order valence-corrected chi connectivity index (χ4v) is 1.41. The molecule has 19 heavy (non-hydrogen) atoms. The minimum absolute atomic E-state index is 0.0143. The minimum atomic E-state index is -0.631. The van der Waals surface area contributed by atoms with Gasteiger partial charge in [-0.25, -0.2) is 4.39 Å². The van der Waals surface area contributed by atoms with Crippen molar-refractivity contribution in [3.05, 3.63) is 46.9 Å². The number of hydrogen-bond donors (Lipinski definition) is 2. The van der Waals surface area contributed by atoms with E-state index < -0.39 is 5.82 Å². The van der Waals surface area contributed by atoms with Crippen molar-refractivity contribution < 1.29 is 14.3 Å². The summed E-state index contributed by atoms with van der Waals surface area (Å²) >= 11 is 5.56. The van der Waals surface area contributed by atoms with Crippen molar-refractivity contribution in [3.8, 4) is 11.6 Å². The average Bonchev–Trinajstić information content (AvgIpc) is 2.43. The smallest absolute Gasteiger partial charge is 0.250 e. The molecule has 1 aromatic carbocycles. The number of halogens is 2. The maximum absolute atomic E-state index is 13.3. The lowest BCUT2D eigenvalue weighted by molar-refractivity contribution is 0.318. The van der Waals surface area contributed by atoms with Gasteiger partial charge in [0.05, 0.1) is 16.8 Å². The fourth-order valence-electron chi connectivity index (χ4n) is 1.29. The maximum Gasteiger partial charge on any atom is 0.250 e. The Labute approximate surface area is 112 Å². The van der Waals surface area contributed by atoms with Crippen LogP contribution in [0, 0.1) is 5.82 Å². The molecule has 0 unspecified atom stereocenters. The number of hydrogen-bond acceptors (Lipinski definition) is 5. The molecule has 0 saturated heterocycles. The molecule has 0 saturated carbocycles. The van der Waals surface area contributed by atoms with Gasteiger partial charge >= 0.3 is 0 Å². The van der Waals surface area contributed by atoms with Crippen LogP contribution in [0.1, 0.15) is 5.56 Å². The van der Waals surface area contributed by atoms with E-state index in [1.807, 2.05) is 0 Å². The van der Waals surface area contributed by atoms with Gasteiger partial charge in [0.25, 0.3) is 0 Å². The van der Waals surface area contributed by atoms with E-state index in [4.69, 9.17) is 27.3 Å². The number of ether oxygens (including phenoxy) is 1. The molecule has 0 aliphatic carbocycles. The third-order valence-corrected chi connectivity index (χ3v) is 2.48. The summed E-state index contributed by atoms with van der Waals surface area (Å²) in [6.07, 6.45) is 1.35. The fraction of sp³-hybridized carbons (Fsp3) is 0. The molecular formula is C11H8ClFN4O2. The van der Waals surface area contributed by atoms with Crippen LogP contribution in [0.5, 0.6) is 11.6 Å². The van der Waals surface area contributed by atoms with Gasteiger partial charge in [-0.15, -0.1) is 5.10 Å². The molecular weight excluding hydrogens is 275 g/mol. The molecule has 0 bridgehead atoms. The van der Waals surface area contributed by atoms with Gasteiger partial charge in [-0.3, -0.25) is 0 Å². The Morgan fingerprint density at radius 1 is 1.42 bits per heavy atom. The van der Waals surface area contributed by atoms with Crippen LogP contribution in [-0.4, -0.2) is 21.2 Å². The zero-order valence-corrected chi connectivity index (χ0v) is 10.2. The number of aromatic nitrogens is 2. The zero-order valence-electron chi connectivity index (χ0n) is 9.42. The number of rotatable bonds is 3. The van der Waals surface area contributed by atoms with Crippen molar-refractivity contribution in [2.45, 2.75) is 0 Å². The molecule has 0 fully saturated rings.